The first kappa shape index (κ1) is 10.3. The zero-order chi connectivity index (χ0) is 9.97. The van der Waals surface area contributed by atoms with E-state index in [9.17, 15) is 4.39 Å². The summed E-state index contributed by atoms with van der Waals surface area (Å²) in [6.45, 7) is 0. The second-order valence-corrected chi connectivity index (χ2v) is 5.28. The lowest BCUT2D eigenvalue weighted by Gasteiger charge is -2.12. The van der Waals surface area contributed by atoms with Gasteiger partial charge in [-0.05, 0) is 35.8 Å². The average Bonchev–Trinajstić information content (AvgIpc) is 2.56. The third-order valence-electron chi connectivity index (χ3n) is 2.53. The quantitative estimate of drug-likeness (QED) is 0.703. The molecule has 0 spiro atoms. The van der Waals surface area contributed by atoms with E-state index >= 15 is 0 Å². The van der Waals surface area contributed by atoms with Gasteiger partial charge < -0.3 is 0 Å². The lowest BCUT2D eigenvalue weighted by molar-refractivity contribution is 0.598. The molecule has 1 fully saturated rings. The second-order valence-electron chi connectivity index (χ2n) is 3.64. The van der Waals surface area contributed by atoms with Crippen LogP contribution in [0.1, 0.15) is 5.56 Å². The van der Waals surface area contributed by atoms with Crippen molar-refractivity contribution in [2.75, 3.05) is 11.5 Å². The van der Waals surface area contributed by atoms with Crippen molar-refractivity contribution in [2.45, 2.75) is 11.8 Å². The zero-order valence-corrected chi connectivity index (χ0v) is 9.32. The third-order valence-corrected chi connectivity index (χ3v) is 4.48. The van der Waals surface area contributed by atoms with Gasteiger partial charge in [0, 0.05) is 11.1 Å². The normalized spacial score (nSPS) is 26.7. The van der Waals surface area contributed by atoms with E-state index in [0.29, 0.717) is 5.92 Å². The van der Waals surface area contributed by atoms with Crippen LogP contribution < -0.4 is 0 Å². The van der Waals surface area contributed by atoms with Gasteiger partial charge in [-0.2, -0.15) is 11.8 Å². The van der Waals surface area contributed by atoms with Crippen molar-refractivity contribution < 1.29 is 4.39 Å². The van der Waals surface area contributed by atoms with E-state index in [1.54, 1.807) is 0 Å². The van der Waals surface area contributed by atoms with Crippen molar-refractivity contribution in [1.82, 2.24) is 0 Å². The Bertz CT molecular complexity index is 299. The summed E-state index contributed by atoms with van der Waals surface area (Å²) in [6, 6.07) is 6.73. The Balaban J connectivity index is 2.00. The summed E-state index contributed by atoms with van der Waals surface area (Å²) in [5.41, 5.74) is 1.18. The van der Waals surface area contributed by atoms with Crippen LogP contribution >= 0.6 is 23.4 Å². The minimum atomic E-state index is -0.169. The van der Waals surface area contributed by atoms with Crippen LogP contribution in [0.3, 0.4) is 0 Å². The topological polar surface area (TPSA) is 0 Å². The van der Waals surface area contributed by atoms with Crippen LogP contribution in [0.25, 0.3) is 0 Å². The van der Waals surface area contributed by atoms with E-state index < -0.39 is 0 Å². The third kappa shape index (κ3) is 2.43. The largest absolute Gasteiger partial charge is 0.207 e. The highest BCUT2D eigenvalue weighted by molar-refractivity contribution is 7.99. The van der Waals surface area contributed by atoms with E-state index in [1.165, 1.54) is 17.7 Å². The molecule has 0 saturated carbocycles. The van der Waals surface area contributed by atoms with Crippen molar-refractivity contribution in [2.24, 2.45) is 5.92 Å². The van der Waals surface area contributed by atoms with Crippen molar-refractivity contribution in [1.29, 1.82) is 0 Å². The van der Waals surface area contributed by atoms with Crippen molar-refractivity contribution in [3.05, 3.63) is 35.6 Å². The first-order chi connectivity index (χ1) is 6.75. The maximum atomic E-state index is 12.6. The number of benzene rings is 1. The van der Waals surface area contributed by atoms with Gasteiger partial charge in [-0.1, -0.05) is 12.1 Å². The molecule has 2 atom stereocenters. The van der Waals surface area contributed by atoms with Gasteiger partial charge in [-0.3, -0.25) is 0 Å². The highest BCUT2D eigenvalue weighted by Gasteiger charge is 2.25. The van der Waals surface area contributed by atoms with E-state index in [4.69, 9.17) is 11.6 Å². The van der Waals surface area contributed by atoms with Gasteiger partial charge in [0.25, 0.3) is 0 Å². The van der Waals surface area contributed by atoms with Gasteiger partial charge in [0.15, 0.2) is 0 Å². The molecule has 0 radical (unpaired) electrons. The fourth-order valence-corrected chi connectivity index (χ4v) is 3.52. The predicted molar refractivity (Wildman–Crippen MR) is 60.6 cm³/mol. The molecule has 0 aliphatic carbocycles. The minimum absolute atomic E-state index is 0.169. The van der Waals surface area contributed by atoms with Crippen molar-refractivity contribution in [3.8, 4) is 0 Å². The maximum absolute atomic E-state index is 12.6. The van der Waals surface area contributed by atoms with Gasteiger partial charge in [0.05, 0.1) is 0 Å². The molecule has 14 heavy (non-hydrogen) atoms. The zero-order valence-electron chi connectivity index (χ0n) is 7.75. The molecule has 2 unspecified atom stereocenters. The van der Waals surface area contributed by atoms with E-state index in [0.717, 1.165) is 17.9 Å². The minimum Gasteiger partial charge on any atom is -0.207 e. The highest BCUT2D eigenvalue weighted by Crippen LogP contribution is 2.30. The van der Waals surface area contributed by atoms with E-state index in [1.807, 2.05) is 23.9 Å². The maximum Gasteiger partial charge on any atom is 0.123 e. The molecule has 1 aliphatic heterocycles. The predicted octanol–water partition coefficient (Wildman–Crippen LogP) is 3.34. The van der Waals surface area contributed by atoms with Crippen LogP contribution in [0.4, 0.5) is 4.39 Å². The van der Waals surface area contributed by atoms with Gasteiger partial charge in [-0.25, -0.2) is 4.39 Å². The SMILES string of the molecule is Fc1ccc(CC2CSCC2Cl)cc1. The molecule has 0 bridgehead atoms. The van der Waals surface area contributed by atoms with Crippen LogP contribution in [-0.4, -0.2) is 16.9 Å². The Hall–Kier alpha value is -0.210. The van der Waals surface area contributed by atoms with Crippen LogP contribution in [0, 0.1) is 11.7 Å². The number of hydrogen-bond donors (Lipinski definition) is 0. The first-order valence-electron chi connectivity index (χ1n) is 4.72. The Morgan fingerprint density at radius 3 is 2.57 bits per heavy atom. The van der Waals surface area contributed by atoms with Crippen LogP contribution in [0.15, 0.2) is 24.3 Å². The summed E-state index contributed by atoms with van der Waals surface area (Å²) < 4.78 is 12.6. The molecule has 1 aliphatic rings. The summed E-state index contributed by atoms with van der Waals surface area (Å²) in [4.78, 5) is 0. The number of hydrogen-bond acceptors (Lipinski definition) is 1. The monoisotopic (exact) mass is 230 g/mol. The molecule has 0 N–H and O–H groups in total. The number of alkyl halides is 1. The summed E-state index contributed by atoms with van der Waals surface area (Å²) in [5, 5.41) is 0.282. The molecule has 1 saturated heterocycles. The molecule has 76 valence electrons. The van der Waals surface area contributed by atoms with Crippen LogP contribution in [0.5, 0.6) is 0 Å². The molecule has 0 amide bonds. The molecule has 0 nitrogen and oxygen atoms in total. The summed E-state index contributed by atoms with van der Waals surface area (Å²) in [7, 11) is 0. The Morgan fingerprint density at radius 2 is 2.00 bits per heavy atom. The first-order valence-corrected chi connectivity index (χ1v) is 6.31. The van der Waals surface area contributed by atoms with Gasteiger partial charge in [0.2, 0.25) is 0 Å². The van der Waals surface area contributed by atoms with Gasteiger partial charge in [0.1, 0.15) is 5.82 Å². The van der Waals surface area contributed by atoms with Crippen LogP contribution in [-0.2, 0) is 6.42 Å². The lowest BCUT2D eigenvalue weighted by Crippen LogP contribution is -2.14. The highest BCUT2D eigenvalue weighted by atomic mass is 35.5. The number of halogens is 2. The molecule has 1 aromatic rings. The van der Waals surface area contributed by atoms with Crippen molar-refractivity contribution >= 4 is 23.4 Å². The van der Waals surface area contributed by atoms with Crippen molar-refractivity contribution in [3.63, 3.8) is 0 Å². The van der Waals surface area contributed by atoms with Gasteiger partial charge >= 0.3 is 0 Å². The molecule has 2 rings (SSSR count). The van der Waals surface area contributed by atoms with E-state index in [2.05, 4.69) is 0 Å². The summed E-state index contributed by atoms with van der Waals surface area (Å²) in [5.74, 6) is 2.56. The van der Waals surface area contributed by atoms with Gasteiger partial charge in [-0.15, -0.1) is 11.6 Å². The van der Waals surface area contributed by atoms with E-state index in [-0.39, 0.29) is 11.2 Å². The standard InChI is InChI=1S/C11H12ClFS/c12-11-7-14-6-9(11)5-8-1-3-10(13)4-2-8/h1-4,9,11H,5-7H2. The molecule has 0 aromatic heterocycles. The number of thioether (sulfide) groups is 1. The molecular formula is C11H12ClFS. The molecule has 1 heterocycles. The molecular weight excluding hydrogens is 219 g/mol. The Morgan fingerprint density at radius 1 is 1.29 bits per heavy atom. The fourth-order valence-electron chi connectivity index (χ4n) is 1.68. The molecule has 1 aromatic carbocycles. The fraction of sp³-hybridized carbons (Fsp3) is 0.455. The summed E-state index contributed by atoms with van der Waals surface area (Å²) in [6.07, 6.45) is 0.974. The average molecular weight is 231 g/mol. The second kappa shape index (κ2) is 4.54. The van der Waals surface area contributed by atoms with Crippen LogP contribution in [0.2, 0.25) is 0 Å². The Kier molecular flexibility index (Phi) is 3.34. The smallest absolute Gasteiger partial charge is 0.123 e. The number of rotatable bonds is 2. The summed E-state index contributed by atoms with van der Waals surface area (Å²) >= 11 is 8.07. The lowest BCUT2D eigenvalue weighted by atomic mass is 9.99. The molecule has 3 heteroatoms. The Labute approximate surface area is 92.8 Å².